The molecule has 0 bridgehead atoms. The maximum atomic E-state index is 13.0. The summed E-state index contributed by atoms with van der Waals surface area (Å²) in [4.78, 5) is 36.4. The Kier molecular flexibility index (Phi) is 5.06. The molecule has 0 aliphatic heterocycles. The third-order valence-corrected chi connectivity index (χ3v) is 5.16. The first-order chi connectivity index (χ1) is 12.0. The van der Waals surface area contributed by atoms with Crippen LogP contribution >= 0.6 is 0 Å². The van der Waals surface area contributed by atoms with Crippen LogP contribution in [-0.4, -0.2) is 23.8 Å². The van der Waals surface area contributed by atoms with Crippen LogP contribution < -0.4 is 16.4 Å². The molecular weight excluding hydrogens is 318 g/mol. The van der Waals surface area contributed by atoms with Crippen molar-refractivity contribution in [1.29, 1.82) is 0 Å². The standard InChI is InChI=1S/C19H25N3O3/c20-17(24)13-4-6-15(7-5-13)22-18(25)19(10-2-1-3-11-19)12-16(23)21-14-8-9-14/h4-7,14H,1-3,8-12H2,(H2,20,24)(H,21,23)(H,22,25). The molecule has 0 unspecified atom stereocenters. The van der Waals surface area contributed by atoms with Crippen LogP contribution in [-0.2, 0) is 9.59 Å². The van der Waals surface area contributed by atoms with Crippen molar-refractivity contribution in [3.05, 3.63) is 29.8 Å². The SMILES string of the molecule is NC(=O)c1ccc(NC(=O)C2(CC(=O)NC3CC3)CCCCC2)cc1. The molecule has 134 valence electrons. The molecule has 0 radical (unpaired) electrons. The minimum absolute atomic E-state index is 0.0244. The van der Waals surface area contributed by atoms with E-state index < -0.39 is 11.3 Å². The lowest BCUT2D eigenvalue weighted by Crippen LogP contribution is -2.42. The number of carbonyl (C=O) groups is 3. The highest BCUT2D eigenvalue weighted by Gasteiger charge is 2.42. The predicted octanol–water partition coefficient (Wildman–Crippen LogP) is 2.34. The van der Waals surface area contributed by atoms with E-state index in [1.54, 1.807) is 24.3 Å². The minimum atomic E-state index is -0.639. The monoisotopic (exact) mass is 343 g/mol. The largest absolute Gasteiger partial charge is 0.366 e. The summed E-state index contributed by atoms with van der Waals surface area (Å²) in [7, 11) is 0. The molecular formula is C19H25N3O3. The van der Waals surface area contributed by atoms with Crippen molar-refractivity contribution in [2.75, 3.05) is 5.32 Å². The molecule has 25 heavy (non-hydrogen) atoms. The molecule has 6 heteroatoms. The summed E-state index contributed by atoms with van der Waals surface area (Å²) in [6, 6.07) is 6.81. The number of nitrogens with one attached hydrogen (secondary N) is 2. The van der Waals surface area contributed by atoms with E-state index in [0.29, 0.717) is 17.3 Å². The lowest BCUT2D eigenvalue weighted by molar-refractivity contribution is -0.134. The van der Waals surface area contributed by atoms with Crippen LogP contribution in [0.15, 0.2) is 24.3 Å². The topological polar surface area (TPSA) is 101 Å². The Morgan fingerprint density at radius 1 is 1.04 bits per heavy atom. The Hall–Kier alpha value is -2.37. The highest BCUT2D eigenvalue weighted by Crippen LogP contribution is 2.40. The van der Waals surface area contributed by atoms with E-state index in [2.05, 4.69) is 10.6 Å². The molecule has 0 heterocycles. The molecule has 2 fully saturated rings. The van der Waals surface area contributed by atoms with Gasteiger partial charge in [0.15, 0.2) is 0 Å². The molecule has 0 atom stereocenters. The molecule has 3 rings (SSSR count). The van der Waals surface area contributed by atoms with E-state index in [0.717, 1.165) is 44.9 Å². The Morgan fingerprint density at radius 2 is 1.68 bits per heavy atom. The summed E-state index contributed by atoms with van der Waals surface area (Å²) in [5.41, 5.74) is 5.60. The number of benzene rings is 1. The zero-order valence-corrected chi connectivity index (χ0v) is 14.3. The molecule has 2 aliphatic rings. The summed E-state index contributed by atoms with van der Waals surface area (Å²) in [6.45, 7) is 0. The van der Waals surface area contributed by atoms with Crippen molar-refractivity contribution in [1.82, 2.24) is 5.32 Å². The third-order valence-electron chi connectivity index (χ3n) is 5.16. The van der Waals surface area contributed by atoms with Gasteiger partial charge >= 0.3 is 0 Å². The normalized spacial score (nSPS) is 19.0. The van der Waals surface area contributed by atoms with E-state index in [4.69, 9.17) is 5.73 Å². The van der Waals surface area contributed by atoms with Gasteiger partial charge in [0, 0.05) is 23.7 Å². The number of rotatable bonds is 6. The average molecular weight is 343 g/mol. The summed E-state index contributed by atoms with van der Waals surface area (Å²) < 4.78 is 0. The van der Waals surface area contributed by atoms with E-state index >= 15 is 0 Å². The highest BCUT2D eigenvalue weighted by atomic mass is 16.2. The van der Waals surface area contributed by atoms with Crippen LogP contribution in [0.25, 0.3) is 0 Å². The van der Waals surface area contributed by atoms with Gasteiger partial charge in [0.2, 0.25) is 17.7 Å². The van der Waals surface area contributed by atoms with Gasteiger partial charge in [-0.1, -0.05) is 19.3 Å². The second kappa shape index (κ2) is 7.25. The van der Waals surface area contributed by atoms with Gasteiger partial charge in [-0.2, -0.15) is 0 Å². The number of hydrogen-bond acceptors (Lipinski definition) is 3. The molecule has 6 nitrogen and oxygen atoms in total. The molecule has 0 spiro atoms. The summed E-state index contributed by atoms with van der Waals surface area (Å²) in [5, 5.41) is 5.92. The number of nitrogens with two attached hydrogens (primary N) is 1. The van der Waals surface area contributed by atoms with Crippen LogP contribution in [0.1, 0.15) is 61.7 Å². The lowest BCUT2D eigenvalue weighted by Gasteiger charge is -2.35. The fourth-order valence-corrected chi connectivity index (χ4v) is 3.51. The quantitative estimate of drug-likeness (QED) is 0.739. The van der Waals surface area contributed by atoms with E-state index in [-0.39, 0.29) is 18.2 Å². The van der Waals surface area contributed by atoms with Crippen molar-refractivity contribution in [3.63, 3.8) is 0 Å². The second-order valence-corrected chi connectivity index (χ2v) is 7.26. The van der Waals surface area contributed by atoms with Crippen molar-refractivity contribution < 1.29 is 14.4 Å². The molecule has 4 N–H and O–H groups in total. The third kappa shape index (κ3) is 4.38. The first-order valence-electron chi connectivity index (χ1n) is 8.99. The number of anilines is 1. The lowest BCUT2D eigenvalue weighted by atomic mass is 9.70. The maximum absolute atomic E-state index is 13.0. The molecule has 2 saturated carbocycles. The zero-order valence-electron chi connectivity index (χ0n) is 14.3. The van der Waals surface area contributed by atoms with Crippen LogP contribution in [0, 0.1) is 5.41 Å². The van der Waals surface area contributed by atoms with Gasteiger partial charge in [0.25, 0.3) is 0 Å². The van der Waals surface area contributed by atoms with Crippen molar-refractivity contribution in [2.24, 2.45) is 11.1 Å². The zero-order chi connectivity index (χ0) is 17.9. The van der Waals surface area contributed by atoms with Crippen LogP contribution in [0.2, 0.25) is 0 Å². The fraction of sp³-hybridized carbons (Fsp3) is 0.526. The Labute approximate surface area is 147 Å². The number of carbonyl (C=O) groups excluding carboxylic acids is 3. The molecule has 2 aliphatic carbocycles. The van der Waals surface area contributed by atoms with Crippen molar-refractivity contribution >= 4 is 23.4 Å². The fourth-order valence-electron chi connectivity index (χ4n) is 3.51. The van der Waals surface area contributed by atoms with Gasteiger partial charge in [-0.3, -0.25) is 14.4 Å². The smallest absolute Gasteiger partial charge is 0.248 e. The van der Waals surface area contributed by atoms with E-state index in [1.807, 2.05) is 0 Å². The molecule has 1 aromatic rings. The maximum Gasteiger partial charge on any atom is 0.248 e. The Morgan fingerprint density at radius 3 is 2.24 bits per heavy atom. The van der Waals surface area contributed by atoms with E-state index in [9.17, 15) is 14.4 Å². The first-order valence-corrected chi connectivity index (χ1v) is 8.99. The molecule has 1 aromatic carbocycles. The Balaban J connectivity index is 1.69. The first kappa shape index (κ1) is 17.5. The van der Waals surface area contributed by atoms with E-state index in [1.165, 1.54) is 0 Å². The predicted molar refractivity (Wildman–Crippen MR) is 94.9 cm³/mol. The molecule has 0 saturated heterocycles. The summed E-state index contributed by atoms with van der Waals surface area (Å²) >= 11 is 0. The van der Waals surface area contributed by atoms with Crippen molar-refractivity contribution in [3.8, 4) is 0 Å². The highest BCUT2D eigenvalue weighted by molar-refractivity contribution is 5.99. The van der Waals surface area contributed by atoms with Gasteiger partial charge in [-0.15, -0.1) is 0 Å². The van der Waals surface area contributed by atoms with Crippen LogP contribution in [0.4, 0.5) is 5.69 Å². The van der Waals surface area contributed by atoms with Gasteiger partial charge in [-0.05, 0) is 49.9 Å². The number of amides is 3. The molecule has 0 aromatic heterocycles. The Bertz CT molecular complexity index is 659. The van der Waals surface area contributed by atoms with Crippen molar-refractivity contribution in [2.45, 2.75) is 57.4 Å². The number of primary amides is 1. The average Bonchev–Trinajstić information content (AvgIpc) is 3.40. The van der Waals surface area contributed by atoms with Crippen LogP contribution in [0.5, 0.6) is 0 Å². The van der Waals surface area contributed by atoms with Gasteiger partial charge in [0.1, 0.15) is 0 Å². The van der Waals surface area contributed by atoms with Gasteiger partial charge < -0.3 is 16.4 Å². The van der Waals surface area contributed by atoms with Gasteiger partial charge in [0.05, 0.1) is 5.41 Å². The summed E-state index contributed by atoms with van der Waals surface area (Å²) in [6.07, 6.45) is 6.82. The molecule has 3 amide bonds. The van der Waals surface area contributed by atoms with Gasteiger partial charge in [-0.25, -0.2) is 0 Å². The summed E-state index contributed by atoms with van der Waals surface area (Å²) in [5.74, 6) is -0.632. The minimum Gasteiger partial charge on any atom is -0.366 e. The van der Waals surface area contributed by atoms with Crippen LogP contribution in [0.3, 0.4) is 0 Å². The number of hydrogen-bond donors (Lipinski definition) is 3. The second-order valence-electron chi connectivity index (χ2n) is 7.26.